The van der Waals surface area contributed by atoms with Gasteiger partial charge in [0.05, 0.1) is 17.1 Å². The minimum atomic E-state index is -0.822. The Balaban J connectivity index is 2.49. The van der Waals surface area contributed by atoms with E-state index in [2.05, 4.69) is 14.9 Å². The fourth-order valence-corrected chi connectivity index (χ4v) is 2.27. The SMILES string of the molecule is CNC(c1cnns1)c1ccc(C)c(F)c1F. The lowest BCUT2D eigenvalue weighted by molar-refractivity contribution is 0.483. The fraction of sp³-hybridized carbons (Fsp3) is 0.273. The van der Waals surface area contributed by atoms with Crippen LogP contribution in [-0.2, 0) is 0 Å². The van der Waals surface area contributed by atoms with Crippen LogP contribution in [0.3, 0.4) is 0 Å². The van der Waals surface area contributed by atoms with Crippen molar-refractivity contribution in [2.75, 3.05) is 7.05 Å². The van der Waals surface area contributed by atoms with Crippen LogP contribution in [0.2, 0.25) is 0 Å². The summed E-state index contributed by atoms with van der Waals surface area (Å²) >= 11 is 1.16. The van der Waals surface area contributed by atoms with Crippen molar-refractivity contribution in [1.29, 1.82) is 0 Å². The number of hydrogen-bond acceptors (Lipinski definition) is 4. The number of aryl methyl sites for hydroxylation is 1. The topological polar surface area (TPSA) is 37.8 Å². The van der Waals surface area contributed by atoms with Crippen LogP contribution in [0.4, 0.5) is 8.78 Å². The Morgan fingerprint density at radius 3 is 2.65 bits per heavy atom. The standard InChI is InChI=1S/C11H11F2N3S/c1-6-3-4-7(10(13)9(6)12)11(14-2)8-5-15-16-17-8/h3-5,11,14H,1-2H3. The van der Waals surface area contributed by atoms with Crippen molar-refractivity contribution < 1.29 is 8.78 Å². The average molecular weight is 255 g/mol. The molecule has 90 valence electrons. The Morgan fingerprint density at radius 2 is 2.06 bits per heavy atom. The maximum atomic E-state index is 13.8. The van der Waals surface area contributed by atoms with E-state index in [1.165, 1.54) is 6.92 Å². The molecule has 0 saturated carbocycles. The fourth-order valence-electron chi connectivity index (χ4n) is 1.64. The molecule has 1 unspecified atom stereocenters. The van der Waals surface area contributed by atoms with E-state index in [1.807, 2.05) is 0 Å². The van der Waals surface area contributed by atoms with Gasteiger partial charge >= 0.3 is 0 Å². The molecule has 0 aliphatic heterocycles. The normalized spacial score (nSPS) is 12.7. The number of hydrogen-bond donors (Lipinski definition) is 1. The van der Waals surface area contributed by atoms with Crippen molar-refractivity contribution >= 4 is 11.5 Å². The largest absolute Gasteiger partial charge is 0.308 e. The van der Waals surface area contributed by atoms with Gasteiger partial charge in [0.15, 0.2) is 11.6 Å². The Labute approximate surface area is 102 Å². The zero-order valence-corrected chi connectivity index (χ0v) is 10.2. The third-order valence-electron chi connectivity index (χ3n) is 2.57. The van der Waals surface area contributed by atoms with Gasteiger partial charge in [0.25, 0.3) is 0 Å². The third-order valence-corrected chi connectivity index (χ3v) is 3.30. The number of nitrogens with zero attached hydrogens (tertiary/aromatic N) is 2. The molecule has 1 heterocycles. The van der Waals surface area contributed by atoms with Gasteiger partial charge in [-0.1, -0.05) is 16.6 Å². The summed E-state index contributed by atoms with van der Waals surface area (Å²) in [5.74, 6) is -1.63. The van der Waals surface area contributed by atoms with Crippen LogP contribution >= 0.6 is 11.5 Å². The Kier molecular flexibility index (Phi) is 3.44. The van der Waals surface area contributed by atoms with Gasteiger partial charge < -0.3 is 5.32 Å². The van der Waals surface area contributed by atoms with Crippen molar-refractivity contribution in [2.24, 2.45) is 0 Å². The van der Waals surface area contributed by atoms with Gasteiger partial charge in [0.2, 0.25) is 0 Å². The summed E-state index contributed by atoms with van der Waals surface area (Å²) in [5.41, 5.74) is 0.560. The highest BCUT2D eigenvalue weighted by atomic mass is 32.1. The maximum Gasteiger partial charge on any atom is 0.164 e. The van der Waals surface area contributed by atoms with Crippen molar-refractivity contribution in [3.63, 3.8) is 0 Å². The highest BCUT2D eigenvalue weighted by molar-refractivity contribution is 7.05. The quantitative estimate of drug-likeness (QED) is 0.915. The highest BCUT2D eigenvalue weighted by Gasteiger charge is 2.21. The number of nitrogens with one attached hydrogen (secondary N) is 1. The van der Waals surface area contributed by atoms with E-state index in [0.29, 0.717) is 5.56 Å². The lowest BCUT2D eigenvalue weighted by Crippen LogP contribution is -2.18. The van der Waals surface area contributed by atoms with Gasteiger partial charge in [-0.15, -0.1) is 5.10 Å². The molecule has 2 aromatic rings. The third kappa shape index (κ3) is 2.18. The molecule has 0 aliphatic carbocycles. The van der Waals surface area contributed by atoms with Crippen molar-refractivity contribution in [3.05, 3.63) is 46.0 Å². The summed E-state index contributed by atoms with van der Waals surface area (Å²) in [6.45, 7) is 1.53. The van der Waals surface area contributed by atoms with Crippen molar-refractivity contribution in [2.45, 2.75) is 13.0 Å². The van der Waals surface area contributed by atoms with Crippen LogP contribution in [0.25, 0.3) is 0 Å². The second-order valence-corrected chi connectivity index (χ2v) is 4.46. The minimum Gasteiger partial charge on any atom is -0.308 e. The van der Waals surface area contributed by atoms with Crippen LogP contribution in [0.1, 0.15) is 22.0 Å². The first-order valence-electron chi connectivity index (χ1n) is 5.04. The second-order valence-electron chi connectivity index (χ2n) is 3.64. The monoisotopic (exact) mass is 255 g/mol. The van der Waals surface area contributed by atoms with Crippen LogP contribution in [0, 0.1) is 18.6 Å². The number of aromatic nitrogens is 2. The summed E-state index contributed by atoms with van der Waals surface area (Å²) in [4.78, 5) is 0.745. The molecule has 6 heteroatoms. The minimum absolute atomic E-state index is 0.265. The van der Waals surface area contributed by atoms with Crippen molar-refractivity contribution in [1.82, 2.24) is 14.9 Å². The predicted octanol–water partition coefficient (Wildman–Crippen LogP) is 2.43. The molecule has 17 heavy (non-hydrogen) atoms. The number of rotatable bonds is 3. The Hall–Kier alpha value is -1.40. The highest BCUT2D eigenvalue weighted by Crippen LogP contribution is 2.27. The first kappa shape index (κ1) is 12.1. The molecule has 3 nitrogen and oxygen atoms in total. The molecule has 0 radical (unpaired) electrons. The lowest BCUT2D eigenvalue weighted by atomic mass is 10.0. The smallest absolute Gasteiger partial charge is 0.164 e. The molecular formula is C11H11F2N3S. The zero-order chi connectivity index (χ0) is 12.4. The van der Waals surface area contributed by atoms with E-state index in [9.17, 15) is 8.78 Å². The molecule has 1 aromatic carbocycles. The van der Waals surface area contributed by atoms with E-state index < -0.39 is 17.7 Å². The van der Waals surface area contributed by atoms with Gasteiger partial charge in [0, 0.05) is 5.56 Å². The number of benzene rings is 1. The Bertz CT molecular complexity index is 514. The first-order chi connectivity index (χ1) is 8.15. The van der Waals surface area contributed by atoms with E-state index in [4.69, 9.17) is 0 Å². The Morgan fingerprint density at radius 1 is 1.29 bits per heavy atom. The molecule has 0 aliphatic rings. The average Bonchev–Trinajstić information content (AvgIpc) is 2.84. The van der Waals surface area contributed by atoms with Crippen LogP contribution < -0.4 is 5.32 Å². The van der Waals surface area contributed by atoms with Crippen LogP contribution in [-0.4, -0.2) is 16.6 Å². The van der Waals surface area contributed by atoms with E-state index in [1.54, 1.807) is 25.4 Å². The number of halogens is 2. The van der Waals surface area contributed by atoms with Gasteiger partial charge in [-0.3, -0.25) is 0 Å². The summed E-state index contributed by atoms with van der Waals surface area (Å²) in [6, 6.07) is 2.71. The van der Waals surface area contributed by atoms with Crippen molar-refractivity contribution in [3.8, 4) is 0 Å². The molecule has 0 bridgehead atoms. The molecule has 0 saturated heterocycles. The zero-order valence-electron chi connectivity index (χ0n) is 9.37. The summed E-state index contributed by atoms with van der Waals surface area (Å²) < 4.78 is 31.1. The van der Waals surface area contributed by atoms with E-state index in [0.717, 1.165) is 16.4 Å². The molecule has 0 spiro atoms. The molecule has 0 fully saturated rings. The van der Waals surface area contributed by atoms with Crippen LogP contribution in [0.15, 0.2) is 18.3 Å². The summed E-state index contributed by atoms with van der Waals surface area (Å²) in [6.07, 6.45) is 1.54. The molecule has 1 N–H and O–H groups in total. The van der Waals surface area contributed by atoms with Gasteiger partial charge in [-0.05, 0) is 31.1 Å². The first-order valence-corrected chi connectivity index (χ1v) is 5.81. The second kappa shape index (κ2) is 4.85. The van der Waals surface area contributed by atoms with E-state index >= 15 is 0 Å². The summed E-state index contributed by atoms with van der Waals surface area (Å²) in [5, 5.41) is 6.63. The molecule has 2 rings (SSSR count). The van der Waals surface area contributed by atoms with E-state index in [-0.39, 0.29) is 5.56 Å². The van der Waals surface area contributed by atoms with Gasteiger partial charge in [-0.2, -0.15) is 0 Å². The molecule has 1 aromatic heterocycles. The lowest BCUT2D eigenvalue weighted by Gasteiger charge is -2.15. The van der Waals surface area contributed by atoms with Gasteiger partial charge in [0.1, 0.15) is 0 Å². The predicted molar refractivity (Wildman–Crippen MR) is 61.9 cm³/mol. The molecular weight excluding hydrogens is 244 g/mol. The maximum absolute atomic E-state index is 13.8. The van der Waals surface area contributed by atoms with Crippen LogP contribution in [0.5, 0.6) is 0 Å². The summed E-state index contributed by atoms with van der Waals surface area (Å²) in [7, 11) is 1.68. The molecule has 0 amide bonds. The molecule has 1 atom stereocenters. The van der Waals surface area contributed by atoms with Gasteiger partial charge in [-0.25, -0.2) is 8.78 Å².